The second-order valence-corrected chi connectivity index (χ2v) is 5.80. The van der Waals surface area contributed by atoms with Gasteiger partial charge in [0.1, 0.15) is 0 Å². The van der Waals surface area contributed by atoms with E-state index in [1.807, 2.05) is 37.0 Å². The minimum absolute atomic E-state index is 0.303. The third-order valence-corrected chi connectivity index (χ3v) is 4.26. The van der Waals surface area contributed by atoms with Gasteiger partial charge in [0, 0.05) is 22.6 Å². The van der Waals surface area contributed by atoms with Crippen molar-refractivity contribution in [3.63, 3.8) is 0 Å². The third kappa shape index (κ3) is 3.88. The van der Waals surface area contributed by atoms with Gasteiger partial charge in [-0.15, -0.1) is 0 Å². The van der Waals surface area contributed by atoms with Crippen molar-refractivity contribution in [2.45, 2.75) is 18.6 Å². The number of halogens is 1. The van der Waals surface area contributed by atoms with Crippen molar-refractivity contribution in [3.05, 3.63) is 34.9 Å². The molecule has 1 heterocycles. The number of hydrogen-bond acceptors (Lipinski definition) is 3. The van der Waals surface area contributed by atoms with E-state index in [1.165, 1.54) is 5.56 Å². The quantitative estimate of drug-likeness (QED) is 0.910. The average molecular weight is 272 g/mol. The summed E-state index contributed by atoms with van der Waals surface area (Å²) >= 11 is 7.97. The van der Waals surface area contributed by atoms with Crippen LogP contribution in [0.4, 0.5) is 0 Å². The number of likely N-dealkylation sites (N-methyl/N-ethyl adjacent to an activating group) is 1. The molecule has 0 radical (unpaired) electrons. The van der Waals surface area contributed by atoms with E-state index in [2.05, 4.69) is 11.4 Å². The summed E-state index contributed by atoms with van der Waals surface area (Å²) in [4.78, 5) is 0. The molecule has 4 heteroatoms. The lowest BCUT2D eigenvalue weighted by atomic mass is 10.0. The summed E-state index contributed by atoms with van der Waals surface area (Å²) < 4.78 is 5.82. The molecule has 0 spiro atoms. The maximum atomic E-state index is 6.00. The Labute approximate surface area is 112 Å². The first-order valence-corrected chi connectivity index (χ1v) is 7.44. The zero-order chi connectivity index (χ0) is 12.1. The van der Waals surface area contributed by atoms with Gasteiger partial charge in [0.05, 0.1) is 12.7 Å². The molecule has 1 aromatic rings. The van der Waals surface area contributed by atoms with Gasteiger partial charge < -0.3 is 10.1 Å². The molecule has 0 amide bonds. The second kappa shape index (κ2) is 6.64. The van der Waals surface area contributed by atoms with Crippen molar-refractivity contribution in [3.8, 4) is 0 Å². The fourth-order valence-electron chi connectivity index (χ4n) is 2.08. The summed E-state index contributed by atoms with van der Waals surface area (Å²) in [5.41, 5.74) is 1.26. The van der Waals surface area contributed by atoms with Gasteiger partial charge in [0.15, 0.2) is 0 Å². The minimum atomic E-state index is 0.303. The van der Waals surface area contributed by atoms with Crippen LogP contribution in [0, 0.1) is 0 Å². The zero-order valence-corrected chi connectivity index (χ0v) is 11.6. The van der Waals surface area contributed by atoms with Crippen LogP contribution in [0.5, 0.6) is 0 Å². The highest BCUT2D eigenvalue weighted by atomic mass is 35.5. The normalized spacial score (nSPS) is 22.4. The molecule has 2 unspecified atom stereocenters. The maximum Gasteiger partial charge on any atom is 0.0821 e. The van der Waals surface area contributed by atoms with Gasteiger partial charge in [-0.3, -0.25) is 0 Å². The summed E-state index contributed by atoms with van der Waals surface area (Å²) in [6.45, 7) is 0.864. The summed E-state index contributed by atoms with van der Waals surface area (Å²) in [5, 5.41) is 4.16. The zero-order valence-electron chi connectivity index (χ0n) is 9.99. The van der Waals surface area contributed by atoms with Crippen LogP contribution in [0.25, 0.3) is 0 Å². The van der Waals surface area contributed by atoms with Crippen LogP contribution in [0.15, 0.2) is 24.3 Å². The summed E-state index contributed by atoms with van der Waals surface area (Å²) in [6.07, 6.45) is 1.26. The molecule has 1 aliphatic rings. The molecular formula is C13H18ClNOS. The van der Waals surface area contributed by atoms with Crippen molar-refractivity contribution in [2.24, 2.45) is 0 Å². The van der Waals surface area contributed by atoms with Gasteiger partial charge in [-0.05, 0) is 31.2 Å². The number of rotatable bonds is 4. The summed E-state index contributed by atoms with van der Waals surface area (Å²) in [5.74, 6) is 2.19. The highest BCUT2D eigenvalue weighted by Gasteiger charge is 2.23. The molecule has 94 valence electrons. The summed E-state index contributed by atoms with van der Waals surface area (Å²) in [6, 6.07) is 8.42. The van der Waals surface area contributed by atoms with Gasteiger partial charge >= 0.3 is 0 Å². The number of benzene rings is 1. The minimum Gasteiger partial charge on any atom is -0.375 e. The van der Waals surface area contributed by atoms with Gasteiger partial charge in [-0.25, -0.2) is 0 Å². The Morgan fingerprint density at radius 2 is 2.47 bits per heavy atom. The first-order valence-electron chi connectivity index (χ1n) is 5.90. The Morgan fingerprint density at radius 1 is 1.59 bits per heavy atom. The van der Waals surface area contributed by atoms with Gasteiger partial charge in [0.25, 0.3) is 0 Å². The van der Waals surface area contributed by atoms with E-state index in [0.717, 1.165) is 29.6 Å². The maximum absolute atomic E-state index is 6.00. The lowest BCUT2D eigenvalue weighted by molar-refractivity contribution is 0.0492. The van der Waals surface area contributed by atoms with Crippen molar-refractivity contribution >= 4 is 23.4 Å². The number of thioether (sulfide) groups is 1. The van der Waals surface area contributed by atoms with Crippen molar-refractivity contribution in [1.82, 2.24) is 5.32 Å². The standard InChI is InChI=1S/C13H18ClNOS/c1-15-12(13-9-17-6-5-16-13)8-10-3-2-4-11(14)7-10/h2-4,7,12-13,15H,5-6,8-9H2,1H3. The molecule has 1 fully saturated rings. The van der Waals surface area contributed by atoms with Crippen LogP contribution >= 0.6 is 23.4 Å². The Hall–Kier alpha value is -0.220. The van der Waals surface area contributed by atoms with E-state index >= 15 is 0 Å². The molecule has 2 nitrogen and oxygen atoms in total. The predicted molar refractivity (Wildman–Crippen MR) is 75.1 cm³/mol. The molecule has 1 N–H and O–H groups in total. The highest BCUT2D eigenvalue weighted by Crippen LogP contribution is 2.19. The Balaban J connectivity index is 1.98. The van der Waals surface area contributed by atoms with E-state index < -0.39 is 0 Å². The molecule has 0 saturated carbocycles. The van der Waals surface area contributed by atoms with Crippen LogP contribution in [-0.2, 0) is 11.2 Å². The molecule has 2 atom stereocenters. The van der Waals surface area contributed by atoms with Crippen LogP contribution in [0.3, 0.4) is 0 Å². The third-order valence-electron chi connectivity index (χ3n) is 3.01. The average Bonchev–Trinajstić information content (AvgIpc) is 2.37. The van der Waals surface area contributed by atoms with E-state index in [-0.39, 0.29) is 0 Å². The molecule has 0 aromatic heterocycles. The van der Waals surface area contributed by atoms with Crippen molar-refractivity contribution in [1.29, 1.82) is 0 Å². The number of ether oxygens (including phenoxy) is 1. The number of nitrogens with one attached hydrogen (secondary N) is 1. The van der Waals surface area contributed by atoms with Crippen LogP contribution in [-0.4, -0.2) is 37.3 Å². The predicted octanol–water partition coefficient (Wildman–Crippen LogP) is 2.60. The summed E-state index contributed by atoms with van der Waals surface area (Å²) in [7, 11) is 2.00. The van der Waals surface area contributed by atoms with E-state index in [4.69, 9.17) is 16.3 Å². The Bertz CT molecular complexity index is 355. The number of hydrogen-bond donors (Lipinski definition) is 1. The van der Waals surface area contributed by atoms with Crippen molar-refractivity contribution in [2.75, 3.05) is 25.2 Å². The highest BCUT2D eigenvalue weighted by molar-refractivity contribution is 7.99. The largest absolute Gasteiger partial charge is 0.375 e. The Morgan fingerprint density at radius 3 is 3.12 bits per heavy atom. The fraction of sp³-hybridized carbons (Fsp3) is 0.538. The van der Waals surface area contributed by atoms with Crippen LogP contribution < -0.4 is 5.32 Å². The second-order valence-electron chi connectivity index (χ2n) is 4.21. The Kier molecular flexibility index (Phi) is 5.16. The molecule has 0 bridgehead atoms. The fourth-order valence-corrected chi connectivity index (χ4v) is 3.23. The van der Waals surface area contributed by atoms with Gasteiger partial charge in [0.2, 0.25) is 0 Å². The monoisotopic (exact) mass is 271 g/mol. The van der Waals surface area contributed by atoms with Crippen molar-refractivity contribution < 1.29 is 4.74 Å². The molecule has 2 rings (SSSR count). The first-order chi connectivity index (χ1) is 8.29. The van der Waals surface area contributed by atoms with E-state index in [9.17, 15) is 0 Å². The molecule has 0 aliphatic carbocycles. The SMILES string of the molecule is CNC(Cc1cccc(Cl)c1)C1CSCCO1. The smallest absolute Gasteiger partial charge is 0.0821 e. The van der Waals surface area contributed by atoms with Crippen LogP contribution in [0.1, 0.15) is 5.56 Å². The van der Waals surface area contributed by atoms with E-state index in [1.54, 1.807) is 0 Å². The van der Waals surface area contributed by atoms with Crippen LogP contribution in [0.2, 0.25) is 5.02 Å². The molecule has 1 saturated heterocycles. The van der Waals surface area contributed by atoms with Gasteiger partial charge in [-0.2, -0.15) is 11.8 Å². The molecule has 1 aromatic carbocycles. The molecule has 1 aliphatic heterocycles. The molecular weight excluding hydrogens is 254 g/mol. The topological polar surface area (TPSA) is 21.3 Å². The van der Waals surface area contributed by atoms with E-state index in [0.29, 0.717) is 12.1 Å². The molecule has 17 heavy (non-hydrogen) atoms. The lowest BCUT2D eigenvalue weighted by Gasteiger charge is -2.30. The first kappa shape index (κ1) is 13.2. The lowest BCUT2D eigenvalue weighted by Crippen LogP contribution is -2.44. The van der Waals surface area contributed by atoms with Gasteiger partial charge in [-0.1, -0.05) is 23.7 Å².